The number of carbonyl (C=O) groups excluding carboxylic acids is 2. The number of methoxy groups -OCH3 is 1. The normalized spacial score (nSPS) is 17.9. The highest BCUT2D eigenvalue weighted by Crippen LogP contribution is 2.20. The maximum atomic E-state index is 11.9. The largest absolute Gasteiger partial charge is 1.00 e. The summed E-state index contributed by atoms with van der Waals surface area (Å²) in [5.41, 5.74) is 5.11. The lowest BCUT2D eigenvalue weighted by Crippen LogP contribution is -3.00. The van der Waals surface area contributed by atoms with Gasteiger partial charge >= 0.3 is 0 Å². The molecule has 12 nitrogen and oxygen atoms in total. The molecule has 1 aromatic carbocycles. The van der Waals surface area contributed by atoms with Crippen LogP contribution in [0, 0.1) is 0 Å². The number of rotatable bonds is 7. The zero-order chi connectivity index (χ0) is 25.0. The van der Waals surface area contributed by atoms with Crippen molar-refractivity contribution >= 4 is 18.0 Å². The Labute approximate surface area is 224 Å². The fourth-order valence-corrected chi connectivity index (χ4v) is 3.59. The highest BCUT2D eigenvalue weighted by atomic mass is 35.5. The molecule has 2 aliphatic heterocycles. The number of phenols is 1. The summed E-state index contributed by atoms with van der Waals surface area (Å²) < 4.78 is 17.0. The van der Waals surface area contributed by atoms with Gasteiger partial charge in [-0.3, -0.25) is 15.0 Å². The second-order valence-electron chi connectivity index (χ2n) is 8.96. The summed E-state index contributed by atoms with van der Waals surface area (Å²) >= 11 is 0. The number of hydrogen-bond donors (Lipinski definition) is 4. The van der Waals surface area contributed by atoms with Gasteiger partial charge in [-0.1, -0.05) is 0 Å². The molecule has 2 amide bonds. The third kappa shape index (κ3) is 11.7. The van der Waals surface area contributed by atoms with E-state index in [1.54, 1.807) is 19.2 Å². The van der Waals surface area contributed by atoms with Crippen LogP contribution < -0.4 is 46.2 Å². The van der Waals surface area contributed by atoms with Gasteiger partial charge in [0.15, 0.2) is 13.1 Å². The van der Waals surface area contributed by atoms with Crippen molar-refractivity contribution in [3.8, 4) is 11.5 Å². The number of nitrogens with one attached hydrogen (secondary N) is 2. The first-order chi connectivity index (χ1) is 16.2. The first-order valence-corrected chi connectivity index (χ1v) is 11.2. The Balaban J connectivity index is 0.000000750. The van der Waals surface area contributed by atoms with Crippen molar-refractivity contribution in [1.29, 1.82) is 0 Å². The van der Waals surface area contributed by atoms with Crippen molar-refractivity contribution in [2.75, 3.05) is 86.9 Å². The minimum Gasteiger partial charge on any atom is -1.00 e. The molecular weight excluding hydrogens is 515 g/mol. The van der Waals surface area contributed by atoms with Gasteiger partial charge < -0.3 is 53.1 Å². The van der Waals surface area contributed by atoms with Gasteiger partial charge in [-0.2, -0.15) is 5.10 Å². The van der Waals surface area contributed by atoms with Crippen molar-refractivity contribution in [2.24, 2.45) is 10.9 Å². The third-order valence-corrected chi connectivity index (χ3v) is 5.94. The number of carbonyl (C=O) groups is 2. The minimum absolute atomic E-state index is 0. The fraction of sp³-hybridized carbons (Fsp3) is 0.591. The standard InChI is InChI=1S/C15H21N3O4.C7H15N3O2.2ClH/c1-18(5-7-22-8-6-18)11-15(20)17-16-10-12-9-13(21-2)3-4-14(12)19;1-10(6-7(11)9-8)2-4-12-5-3-10;;/h3-4,9-10H,5-8,11H2,1-2H3,(H-,16,17,19,20);2-6,8H2,1H3;2*1H. The Morgan fingerprint density at radius 3 is 2.00 bits per heavy atom. The molecule has 0 spiro atoms. The van der Waals surface area contributed by atoms with E-state index in [4.69, 9.17) is 20.1 Å². The summed E-state index contributed by atoms with van der Waals surface area (Å²) in [4.78, 5) is 22.9. The quantitative estimate of drug-likeness (QED) is 0.0864. The highest BCUT2D eigenvalue weighted by molar-refractivity contribution is 5.85. The molecule has 14 heteroatoms. The zero-order valence-corrected chi connectivity index (χ0v) is 22.6. The molecule has 206 valence electrons. The van der Waals surface area contributed by atoms with Crippen LogP contribution in [0.3, 0.4) is 0 Å². The maximum absolute atomic E-state index is 11.9. The summed E-state index contributed by atoms with van der Waals surface area (Å²) in [6, 6.07) is 4.80. The number of nitrogens with two attached hydrogens (primary N) is 1. The average Bonchev–Trinajstić information content (AvgIpc) is 2.81. The number of morpholine rings is 2. The van der Waals surface area contributed by atoms with Crippen LogP contribution in [-0.4, -0.2) is 119 Å². The number of amides is 2. The molecule has 5 N–H and O–H groups in total. The second-order valence-corrected chi connectivity index (χ2v) is 8.96. The van der Waals surface area contributed by atoms with Gasteiger partial charge in [-0.05, 0) is 18.2 Å². The molecule has 0 atom stereocenters. The van der Waals surface area contributed by atoms with E-state index in [0.717, 1.165) is 43.9 Å². The number of likely N-dealkylation sites (N-methyl/N-ethyl adjacent to an activating group) is 2. The number of benzene rings is 1. The lowest BCUT2D eigenvalue weighted by Gasteiger charge is -2.36. The Morgan fingerprint density at radius 2 is 1.53 bits per heavy atom. The zero-order valence-electron chi connectivity index (χ0n) is 21.0. The fourth-order valence-electron chi connectivity index (χ4n) is 3.59. The molecule has 0 saturated carbocycles. The number of hydrogen-bond acceptors (Lipinski definition) is 8. The smallest absolute Gasteiger partial charge is 0.295 e. The minimum atomic E-state index is -0.164. The van der Waals surface area contributed by atoms with Crippen LogP contribution >= 0.6 is 0 Å². The first kappa shape index (κ1) is 33.8. The van der Waals surface area contributed by atoms with Gasteiger partial charge in [0.1, 0.15) is 37.7 Å². The Kier molecular flexibility index (Phi) is 15.5. The molecular formula is C22H38Cl2N6O6. The summed E-state index contributed by atoms with van der Waals surface area (Å²) in [5.74, 6) is 5.42. The number of phenolic OH excluding ortho intramolecular Hbond substituents is 1. The molecule has 0 radical (unpaired) electrons. The average molecular weight is 553 g/mol. The molecule has 2 fully saturated rings. The lowest BCUT2D eigenvalue weighted by molar-refractivity contribution is -0.909. The number of quaternary nitrogens is 2. The molecule has 0 aliphatic carbocycles. The van der Waals surface area contributed by atoms with E-state index < -0.39 is 0 Å². The van der Waals surface area contributed by atoms with E-state index in [1.807, 2.05) is 14.1 Å². The van der Waals surface area contributed by atoms with E-state index in [9.17, 15) is 14.7 Å². The molecule has 2 saturated heterocycles. The molecule has 36 heavy (non-hydrogen) atoms. The molecule has 0 aromatic heterocycles. The van der Waals surface area contributed by atoms with Crippen LogP contribution in [0.5, 0.6) is 11.5 Å². The molecule has 2 aliphatic rings. The molecule has 2 heterocycles. The van der Waals surface area contributed by atoms with Crippen LogP contribution in [0.1, 0.15) is 5.56 Å². The lowest BCUT2D eigenvalue weighted by atomic mass is 10.2. The molecule has 0 bridgehead atoms. The van der Waals surface area contributed by atoms with Crippen LogP contribution in [0.15, 0.2) is 23.3 Å². The third-order valence-electron chi connectivity index (χ3n) is 5.94. The summed E-state index contributed by atoms with van der Waals surface area (Å²) in [6.07, 6.45) is 1.40. The van der Waals surface area contributed by atoms with Crippen LogP contribution in [0.2, 0.25) is 0 Å². The maximum Gasteiger partial charge on any atom is 0.295 e. The van der Waals surface area contributed by atoms with Gasteiger partial charge in [-0.25, -0.2) is 11.3 Å². The Bertz CT molecular complexity index is 848. The number of halogens is 2. The number of ether oxygens (including phenoxy) is 3. The van der Waals surface area contributed by atoms with Crippen molar-refractivity contribution in [3.63, 3.8) is 0 Å². The van der Waals surface area contributed by atoms with Crippen LogP contribution in [-0.2, 0) is 19.1 Å². The van der Waals surface area contributed by atoms with E-state index >= 15 is 0 Å². The van der Waals surface area contributed by atoms with Gasteiger partial charge in [0, 0.05) is 5.56 Å². The Hall–Kier alpha value is -2.19. The van der Waals surface area contributed by atoms with E-state index in [0.29, 0.717) is 42.1 Å². The van der Waals surface area contributed by atoms with Gasteiger partial charge in [-0.15, -0.1) is 0 Å². The van der Waals surface area contributed by atoms with Gasteiger partial charge in [0.25, 0.3) is 11.8 Å². The predicted octanol–water partition coefficient (Wildman–Crippen LogP) is -7.21. The van der Waals surface area contributed by atoms with Gasteiger partial charge in [0.05, 0.1) is 53.8 Å². The molecule has 3 rings (SSSR count). The second kappa shape index (κ2) is 16.5. The topological polar surface area (TPSA) is 144 Å². The number of aromatic hydroxyl groups is 1. The number of nitrogens with zero attached hydrogens (tertiary/aromatic N) is 3. The predicted molar refractivity (Wildman–Crippen MR) is 126 cm³/mol. The molecule has 1 aromatic rings. The van der Waals surface area contributed by atoms with Gasteiger partial charge in [0.2, 0.25) is 0 Å². The van der Waals surface area contributed by atoms with Crippen molar-refractivity contribution < 1.29 is 62.7 Å². The summed E-state index contributed by atoms with van der Waals surface area (Å²) in [7, 11) is 5.61. The highest BCUT2D eigenvalue weighted by Gasteiger charge is 2.28. The number of hydrazine groups is 1. The van der Waals surface area contributed by atoms with E-state index in [1.165, 1.54) is 12.3 Å². The molecule has 0 unspecified atom stereocenters. The van der Waals surface area contributed by atoms with E-state index in [-0.39, 0.29) is 42.4 Å². The van der Waals surface area contributed by atoms with Crippen LogP contribution in [0.4, 0.5) is 0 Å². The monoisotopic (exact) mass is 552 g/mol. The number of hydrazone groups is 1. The first-order valence-electron chi connectivity index (χ1n) is 11.2. The van der Waals surface area contributed by atoms with Crippen molar-refractivity contribution in [1.82, 2.24) is 10.9 Å². The summed E-state index contributed by atoms with van der Waals surface area (Å²) in [5, 5.41) is 13.6. The van der Waals surface area contributed by atoms with Crippen LogP contribution in [0.25, 0.3) is 0 Å². The summed E-state index contributed by atoms with van der Waals surface area (Å²) in [6.45, 7) is 6.99. The van der Waals surface area contributed by atoms with Crippen molar-refractivity contribution in [3.05, 3.63) is 23.8 Å². The van der Waals surface area contributed by atoms with E-state index in [2.05, 4.69) is 16.0 Å². The Morgan fingerprint density at radius 1 is 1.03 bits per heavy atom. The van der Waals surface area contributed by atoms with Crippen molar-refractivity contribution in [2.45, 2.75) is 0 Å². The SMILES string of the molecule is COc1ccc(O)c(C=NNC(=O)C[N+]2(C)CCOCC2)c1.C[N+]1(CC(=O)NN)CCOCC1.[Cl-].[Cl-].